The molecule has 136 valence electrons. The van der Waals surface area contributed by atoms with Crippen LogP contribution in [0.2, 0.25) is 0 Å². The number of amides is 1. The summed E-state index contributed by atoms with van der Waals surface area (Å²) in [6.45, 7) is 0.303. The Morgan fingerprint density at radius 2 is 1.13 bits per heavy atom. The number of rotatable bonds is 16. The third kappa shape index (κ3) is 13.0. The standard InChI is InChI=1S/C17H33NO5/c19-14-12-10-8-6-4-2-1-3-5-7-9-11-13-15(17(21)22)16(20)18-23/h15,19,23H,1-14H2,(H,18,20)(H,21,22). The van der Waals surface area contributed by atoms with E-state index in [1.165, 1.54) is 44.0 Å². The van der Waals surface area contributed by atoms with Crippen molar-refractivity contribution in [2.75, 3.05) is 6.61 Å². The third-order valence-corrected chi connectivity index (χ3v) is 4.13. The number of aliphatic carboxylic acids is 1. The van der Waals surface area contributed by atoms with Crippen LogP contribution in [0.4, 0.5) is 0 Å². The Kier molecular flexibility index (Phi) is 15.0. The molecular weight excluding hydrogens is 298 g/mol. The molecule has 1 atom stereocenters. The van der Waals surface area contributed by atoms with Crippen molar-refractivity contribution in [1.82, 2.24) is 5.48 Å². The highest BCUT2D eigenvalue weighted by Crippen LogP contribution is 2.15. The smallest absolute Gasteiger partial charge is 0.316 e. The quantitative estimate of drug-likeness (QED) is 0.150. The second kappa shape index (κ2) is 15.7. The van der Waals surface area contributed by atoms with Gasteiger partial charge in [0.2, 0.25) is 0 Å². The second-order valence-corrected chi connectivity index (χ2v) is 6.12. The van der Waals surface area contributed by atoms with Crippen molar-refractivity contribution < 1.29 is 25.0 Å². The molecule has 0 bridgehead atoms. The average Bonchev–Trinajstić information content (AvgIpc) is 2.54. The minimum Gasteiger partial charge on any atom is -0.481 e. The number of hydroxylamine groups is 1. The molecule has 23 heavy (non-hydrogen) atoms. The zero-order valence-electron chi connectivity index (χ0n) is 14.1. The van der Waals surface area contributed by atoms with E-state index >= 15 is 0 Å². The summed E-state index contributed by atoms with van der Waals surface area (Å²) in [6, 6.07) is 0. The van der Waals surface area contributed by atoms with Gasteiger partial charge in [0.1, 0.15) is 5.92 Å². The van der Waals surface area contributed by atoms with Crippen molar-refractivity contribution in [3.63, 3.8) is 0 Å². The number of carbonyl (C=O) groups is 2. The van der Waals surface area contributed by atoms with Gasteiger partial charge in [0.05, 0.1) is 0 Å². The highest BCUT2D eigenvalue weighted by Gasteiger charge is 2.24. The molecule has 6 nitrogen and oxygen atoms in total. The molecule has 0 aliphatic rings. The molecule has 0 aromatic carbocycles. The van der Waals surface area contributed by atoms with Crippen LogP contribution >= 0.6 is 0 Å². The van der Waals surface area contributed by atoms with Crippen LogP contribution in [-0.4, -0.2) is 33.9 Å². The summed E-state index contributed by atoms with van der Waals surface area (Å²) in [5.41, 5.74) is 1.41. The predicted molar refractivity (Wildman–Crippen MR) is 88.2 cm³/mol. The zero-order chi connectivity index (χ0) is 17.3. The molecule has 6 heteroatoms. The first-order valence-electron chi connectivity index (χ1n) is 8.91. The molecule has 1 amide bonds. The molecule has 1 unspecified atom stereocenters. The molecule has 0 aliphatic carbocycles. The van der Waals surface area contributed by atoms with Gasteiger partial charge >= 0.3 is 5.97 Å². The maximum Gasteiger partial charge on any atom is 0.316 e. The minimum absolute atomic E-state index is 0.273. The van der Waals surface area contributed by atoms with Crippen LogP contribution in [0.5, 0.6) is 0 Å². The van der Waals surface area contributed by atoms with Gasteiger partial charge in [0.25, 0.3) is 5.91 Å². The van der Waals surface area contributed by atoms with Crippen LogP contribution < -0.4 is 5.48 Å². The molecular formula is C17H33NO5. The topological polar surface area (TPSA) is 107 Å². The van der Waals surface area contributed by atoms with E-state index in [1.54, 1.807) is 0 Å². The number of carbonyl (C=O) groups excluding carboxylic acids is 1. The Balaban J connectivity index is 3.36. The monoisotopic (exact) mass is 331 g/mol. The Hall–Kier alpha value is -1.14. The third-order valence-electron chi connectivity index (χ3n) is 4.13. The van der Waals surface area contributed by atoms with E-state index in [0.717, 1.165) is 32.1 Å². The number of carboxylic acids is 1. The van der Waals surface area contributed by atoms with Crippen LogP contribution in [0, 0.1) is 5.92 Å². The summed E-state index contributed by atoms with van der Waals surface area (Å²) in [7, 11) is 0. The van der Waals surface area contributed by atoms with Crippen LogP contribution in [0.3, 0.4) is 0 Å². The van der Waals surface area contributed by atoms with Crippen molar-refractivity contribution >= 4 is 11.9 Å². The summed E-state index contributed by atoms with van der Waals surface area (Å²) >= 11 is 0. The molecule has 0 rings (SSSR count). The normalized spacial score (nSPS) is 12.1. The van der Waals surface area contributed by atoms with Gasteiger partial charge in [-0.25, -0.2) is 5.48 Å². The fourth-order valence-corrected chi connectivity index (χ4v) is 2.67. The van der Waals surface area contributed by atoms with E-state index in [9.17, 15) is 9.59 Å². The Morgan fingerprint density at radius 3 is 1.48 bits per heavy atom. The number of hydrogen-bond acceptors (Lipinski definition) is 4. The molecule has 0 spiro atoms. The highest BCUT2D eigenvalue weighted by atomic mass is 16.5. The lowest BCUT2D eigenvalue weighted by Crippen LogP contribution is -2.33. The van der Waals surface area contributed by atoms with Crippen LogP contribution in [0.1, 0.15) is 83.5 Å². The van der Waals surface area contributed by atoms with Crippen LogP contribution in [0.25, 0.3) is 0 Å². The van der Waals surface area contributed by atoms with E-state index in [1.807, 2.05) is 0 Å². The molecule has 0 saturated heterocycles. The molecule has 0 saturated carbocycles. The largest absolute Gasteiger partial charge is 0.481 e. The second-order valence-electron chi connectivity index (χ2n) is 6.12. The molecule has 4 N–H and O–H groups in total. The van der Waals surface area contributed by atoms with Crippen molar-refractivity contribution in [1.29, 1.82) is 0 Å². The number of hydrogen-bond donors (Lipinski definition) is 4. The van der Waals surface area contributed by atoms with E-state index < -0.39 is 17.8 Å². The predicted octanol–water partition coefficient (Wildman–Crippen LogP) is 3.26. The number of unbranched alkanes of at least 4 members (excludes halogenated alkanes) is 11. The number of nitrogens with one attached hydrogen (secondary N) is 1. The van der Waals surface area contributed by atoms with Crippen molar-refractivity contribution in [3.05, 3.63) is 0 Å². The summed E-state index contributed by atoms with van der Waals surface area (Å²) in [5.74, 6) is -3.17. The fraction of sp³-hybridized carbons (Fsp3) is 0.882. The summed E-state index contributed by atoms with van der Waals surface area (Å²) < 4.78 is 0. The lowest BCUT2D eigenvalue weighted by atomic mass is 9.99. The summed E-state index contributed by atoms with van der Waals surface area (Å²) in [4.78, 5) is 22.0. The molecule has 0 fully saturated rings. The minimum atomic E-state index is -1.18. The molecule has 0 aromatic heterocycles. The first-order chi connectivity index (χ1) is 11.1. The number of aliphatic hydroxyl groups is 1. The van der Waals surface area contributed by atoms with Crippen molar-refractivity contribution in [2.24, 2.45) is 5.92 Å². The first-order valence-corrected chi connectivity index (χ1v) is 8.91. The SMILES string of the molecule is O=C(O)C(CCCCCCCCCCCCCCO)C(=O)NO. The van der Waals surface area contributed by atoms with E-state index in [-0.39, 0.29) is 6.42 Å². The Labute approximate surface area is 139 Å². The average molecular weight is 331 g/mol. The summed E-state index contributed by atoms with van der Waals surface area (Å²) in [5, 5.41) is 26.0. The molecule has 0 aliphatic heterocycles. The van der Waals surface area contributed by atoms with Gasteiger partial charge in [0.15, 0.2) is 0 Å². The van der Waals surface area contributed by atoms with Gasteiger partial charge in [-0.15, -0.1) is 0 Å². The highest BCUT2D eigenvalue weighted by molar-refractivity contribution is 5.96. The van der Waals surface area contributed by atoms with Crippen molar-refractivity contribution in [3.8, 4) is 0 Å². The van der Waals surface area contributed by atoms with Crippen LogP contribution in [-0.2, 0) is 9.59 Å². The lowest BCUT2D eigenvalue weighted by Gasteiger charge is -2.09. The van der Waals surface area contributed by atoms with Gasteiger partial charge in [-0.2, -0.15) is 0 Å². The summed E-state index contributed by atoms with van der Waals surface area (Å²) in [6.07, 6.45) is 13.6. The van der Waals surface area contributed by atoms with Crippen LogP contribution in [0.15, 0.2) is 0 Å². The van der Waals surface area contributed by atoms with Gasteiger partial charge in [-0.1, -0.05) is 70.6 Å². The first kappa shape index (κ1) is 21.9. The Morgan fingerprint density at radius 1 is 0.739 bits per heavy atom. The van der Waals surface area contributed by atoms with Gasteiger partial charge in [-0.05, 0) is 12.8 Å². The number of aliphatic hydroxyl groups excluding tert-OH is 1. The molecule has 0 aromatic rings. The lowest BCUT2D eigenvalue weighted by molar-refractivity contribution is -0.150. The maximum absolute atomic E-state index is 11.1. The Bertz CT molecular complexity index is 309. The fourth-order valence-electron chi connectivity index (χ4n) is 2.67. The maximum atomic E-state index is 11.1. The molecule has 0 radical (unpaired) electrons. The van der Waals surface area contributed by atoms with Gasteiger partial charge in [-0.3, -0.25) is 14.8 Å². The number of carboxylic acid groups (broad SMARTS) is 1. The van der Waals surface area contributed by atoms with E-state index in [0.29, 0.717) is 13.0 Å². The molecule has 0 heterocycles. The van der Waals surface area contributed by atoms with Crippen molar-refractivity contribution in [2.45, 2.75) is 83.5 Å². The van der Waals surface area contributed by atoms with Gasteiger partial charge < -0.3 is 10.2 Å². The zero-order valence-corrected chi connectivity index (χ0v) is 14.1. The van der Waals surface area contributed by atoms with Gasteiger partial charge in [0, 0.05) is 6.61 Å². The van der Waals surface area contributed by atoms with E-state index in [2.05, 4.69) is 0 Å². The van der Waals surface area contributed by atoms with E-state index in [4.69, 9.17) is 15.4 Å².